The molecular weight excluding hydrogens is 431 g/mol. The van der Waals surface area contributed by atoms with Gasteiger partial charge in [-0.1, -0.05) is 24.3 Å². The third kappa shape index (κ3) is 4.20. The first kappa shape index (κ1) is 21.1. The molecular formula is C20H19ClF3N7. The summed E-state index contributed by atoms with van der Waals surface area (Å²) in [5.41, 5.74) is 1.79. The highest BCUT2D eigenvalue weighted by atomic mass is 35.5. The Morgan fingerprint density at radius 2 is 1.84 bits per heavy atom. The predicted molar refractivity (Wildman–Crippen MR) is 112 cm³/mol. The Balaban J connectivity index is 1.60. The zero-order chi connectivity index (χ0) is 22.3. The summed E-state index contributed by atoms with van der Waals surface area (Å²) in [6.07, 6.45) is -1.92. The predicted octanol–water partition coefficient (Wildman–Crippen LogP) is 5.11. The van der Waals surface area contributed by atoms with E-state index in [1.807, 2.05) is 37.9 Å². The third-order valence-corrected chi connectivity index (χ3v) is 4.98. The monoisotopic (exact) mass is 449 g/mol. The van der Waals surface area contributed by atoms with Gasteiger partial charge in [-0.3, -0.25) is 0 Å². The number of nitrogens with one attached hydrogen (secondary N) is 1. The molecule has 0 fully saturated rings. The van der Waals surface area contributed by atoms with Gasteiger partial charge >= 0.3 is 6.18 Å². The van der Waals surface area contributed by atoms with Crippen LogP contribution >= 0.6 is 11.6 Å². The molecule has 11 heteroatoms. The number of benzene rings is 1. The Hall–Kier alpha value is -3.14. The molecule has 162 valence electrons. The van der Waals surface area contributed by atoms with Gasteiger partial charge in [-0.15, -0.1) is 0 Å². The number of fused-ring (bicyclic) bond motifs is 1. The van der Waals surface area contributed by atoms with Crippen molar-refractivity contribution in [2.45, 2.75) is 32.6 Å². The molecule has 1 aromatic carbocycles. The number of halogens is 4. The maximum Gasteiger partial charge on any atom is 0.434 e. The van der Waals surface area contributed by atoms with Crippen LogP contribution in [0.4, 0.5) is 19.0 Å². The van der Waals surface area contributed by atoms with Crippen molar-refractivity contribution >= 4 is 28.6 Å². The van der Waals surface area contributed by atoms with Crippen LogP contribution in [0.5, 0.6) is 0 Å². The minimum Gasteiger partial charge on any atom is -0.353 e. The van der Waals surface area contributed by atoms with Crippen LogP contribution < -0.4 is 4.90 Å². The first-order valence-electron chi connectivity index (χ1n) is 9.46. The molecule has 0 spiro atoms. The van der Waals surface area contributed by atoms with Gasteiger partial charge < -0.3 is 14.5 Å². The van der Waals surface area contributed by atoms with Crippen LogP contribution in [-0.2, 0) is 12.7 Å². The Morgan fingerprint density at radius 3 is 2.48 bits per heavy atom. The van der Waals surface area contributed by atoms with Crippen molar-refractivity contribution in [3.8, 4) is 11.4 Å². The Kier molecular flexibility index (Phi) is 5.34. The van der Waals surface area contributed by atoms with E-state index in [9.17, 15) is 13.2 Å². The molecule has 1 N–H and O–H groups in total. The molecule has 0 atom stereocenters. The quantitative estimate of drug-likeness (QED) is 0.429. The molecule has 0 radical (unpaired) electrons. The van der Waals surface area contributed by atoms with Gasteiger partial charge in [0.1, 0.15) is 11.3 Å². The molecule has 0 bridgehead atoms. The van der Waals surface area contributed by atoms with Gasteiger partial charge in [0.2, 0.25) is 5.28 Å². The summed E-state index contributed by atoms with van der Waals surface area (Å²) in [4.78, 5) is 21.2. The molecule has 3 heterocycles. The second-order valence-electron chi connectivity index (χ2n) is 7.42. The molecule has 0 aliphatic rings. The fourth-order valence-corrected chi connectivity index (χ4v) is 3.47. The molecule has 0 aliphatic heterocycles. The van der Waals surface area contributed by atoms with Crippen molar-refractivity contribution in [2.24, 2.45) is 0 Å². The highest BCUT2D eigenvalue weighted by Gasteiger charge is 2.35. The van der Waals surface area contributed by atoms with Crippen LogP contribution in [0.3, 0.4) is 0 Å². The van der Waals surface area contributed by atoms with Crippen LogP contribution in [0.2, 0.25) is 5.28 Å². The van der Waals surface area contributed by atoms with E-state index in [4.69, 9.17) is 11.6 Å². The summed E-state index contributed by atoms with van der Waals surface area (Å²) in [6.45, 7) is 4.13. The molecule has 0 unspecified atom stereocenters. The van der Waals surface area contributed by atoms with Gasteiger partial charge in [-0.05, 0) is 31.0 Å². The molecule has 4 rings (SSSR count). The number of alkyl halides is 3. The van der Waals surface area contributed by atoms with E-state index in [-0.39, 0.29) is 17.1 Å². The van der Waals surface area contributed by atoms with E-state index in [2.05, 4.69) is 24.9 Å². The number of imidazole rings is 2. The lowest BCUT2D eigenvalue weighted by atomic mass is 10.1. The Bertz CT molecular complexity index is 1210. The SMILES string of the molecule is CC(C)n1cc(C(F)(F)F)nc1-c1ccc(CN(C)c2nc(Cl)nc3nc[nH]c23)cc1. The summed E-state index contributed by atoms with van der Waals surface area (Å²) in [7, 11) is 1.86. The van der Waals surface area contributed by atoms with Crippen molar-refractivity contribution < 1.29 is 13.2 Å². The van der Waals surface area contributed by atoms with E-state index in [1.165, 1.54) is 10.9 Å². The van der Waals surface area contributed by atoms with Gasteiger partial charge in [0.05, 0.1) is 6.33 Å². The third-order valence-electron chi connectivity index (χ3n) is 4.81. The van der Waals surface area contributed by atoms with Crippen LogP contribution in [0.15, 0.2) is 36.8 Å². The minimum atomic E-state index is -4.49. The zero-order valence-corrected chi connectivity index (χ0v) is 17.7. The Labute approximate surface area is 180 Å². The summed E-state index contributed by atoms with van der Waals surface area (Å²) >= 11 is 6.00. The van der Waals surface area contributed by atoms with Crippen LogP contribution in [0.1, 0.15) is 31.1 Å². The standard InChI is InChI=1S/C20H19ClF3N7/c1-11(2)31-9-14(20(22,23)24)27-17(31)13-6-4-12(5-7-13)8-30(3)18-15-16(26-10-25-15)28-19(21)29-18/h4-7,9-11H,8H2,1-3H3,(H,25,26,28,29). The summed E-state index contributed by atoms with van der Waals surface area (Å²) < 4.78 is 40.9. The van der Waals surface area contributed by atoms with Crippen molar-refractivity contribution in [2.75, 3.05) is 11.9 Å². The fraction of sp³-hybridized carbons (Fsp3) is 0.300. The van der Waals surface area contributed by atoms with Gasteiger partial charge in [0.15, 0.2) is 17.2 Å². The first-order chi connectivity index (χ1) is 14.6. The first-order valence-corrected chi connectivity index (χ1v) is 9.84. The summed E-state index contributed by atoms with van der Waals surface area (Å²) in [5.74, 6) is 0.880. The highest BCUT2D eigenvalue weighted by molar-refractivity contribution is 6.28. The maximum absolute atomic E-state index is 13.1. The van der Waals surface area contributed by atoms with E-state index in [0.29, 0.717) is 29.1 Å². The van der Waals surface area contributed by atoms with Crippen molar-refractivity contribution in [3.63, 3.8) is 0 Å². The van der Waals surface area contributed by atoms with Gasteiger partial charge in [-0.2, -0.15) is 23.1 Å². The fourth-order valence-electron chi connectivity index (χ4n) is 3.31. The number of nitrogens with zero attached hydrogens (tertiary/aromatic N) is 6. The smallest absolute Gasteiger partial charge is 0.353 e. The van der Waals surface area contributed by atoms with E-state index in [1.54, 1.807) is 12.1 Å². The molecule has 3 aromatic heterocycles. The average Bonchev–Trinajstić information content (AvgIpc) is 3.34. The molecule has 0 saturated carbocycles. The van der Waals surface area contributed by atoms with Crippen LogP contribution in [-0.4, -0.2) is 36.5 Å². The maximum atomic E-state index is 13.1. The number of H-pyrrole nitrogens is 1. The van der Waals surface area contributed by atoms with Crippen molar-refractivity contribution in [3.05, 3.63) is 53.3 Å². The molecule has 0 saturated heterocycles. The number of anilines is 1. The number of hydrogen-bond donors (Lipinski definition) is 1. The lowest BCUT2D eigenvalue weighted by Crippen LogP contribution is -2.18. The second kappa shape index (κ2) is 7.84. The van der Waals surface area contributed by atoms with Gasteiger partial charge in [-0.25, -0.2) is 9.97 Å². The van der Waals surface area contributed by atoms with Crippen LogP contribution in [0, 0.1) is 0 Å². The van der Waals surface area contributed by atoms with Crippen molar-refractivity contribution in [1.82, 2.24) is 29.5 Å². The molecule has 31 heavy (non-hydrogen) atoms. The topological polar surface area (TPSA) is 75.5 Å². The van der Waals surface area contributed by atoms with E-state index >= 15 is 0 Å². The molecule has 0 amide bonds. The lowest BCUT2D eigenvalue weighted by molar-refractivity contribution is -0.140. The molecule has 4 aromatic rings. The van der Waals surface area contributed by atoms with Crippen molar-refractivity contribution in [1.29, 1.82) is 0 Å². The molecule has 7 nitrogen and oxygen atoms in total. The number of hydrogen-bond acceptors (Lipinski definition) is 5. The number of aromatic nitrogens is 6. The highest BCUT2D eigenvalue weighted by Crippen LogP contribution is 2.32. The molecule has 0 aliphatic carbocycles. The lowest BCUT2D eigenvalue weighted by Gasteiger charge is -2.19. The summed E-state index contributed by atoms with van der Waals surface area (Å²) in [5, 5.41) is 0.0952. The number of aromatic amines is 1. The normalized spacial score (nSPS) is 12.1. The summed E-state index contributed by atoms with van der Waals surface area (Å²) in [6, 6.07) is 7.08. The second-order valence-corrected chi connectivity index (χ2v) is 7.76. The zero-order valence-electron chi connectivity index (χ0n) is 16.9. The number of rotatable bonds is 5. The van der Waals surface area contributed by atoms with Crippen LogP contribution in [0.25, 0.3) is 22.6 Å². The van der Waals surface area contributed by atoms with Gasteiger partial charge in [0.25, 0.3) is 0 Å². The minimum absolute atomic E-state index is 0.0952. The average molecular weight is 450 g/mol. The Morgan fingerprint density at radius 1 is 1.13 bits per heavy atom. The largest absolute Gasteiger partial charge is 0.434 e. The van der Waals surface area contributed by atoms with E-state index < -0.39 is 11.9 Å². The van der Waals surface area contributed by atoms with E-state index in [0.717, 1.165) is 11.8 Å². The van der Waals surface area contributed by atoms with Gasteiger partial charge in [0, 0.05) is 31.4 Å².